The Morgan fingerprint density at radius 1 is 1.27 bits per heavy atom. The highest BCUT2D eigenvalue weighted by Gasteiger charge is 2.54. The van der Waals surface area contributed by atoms with Gasteiger partial charge >= 0.3 is 0 Å². The van der Waals surface area contributed by atoms with Gasteiger partial charge in [-0.15, -0.1) is 0 Å². The third-order valence-corrected chi connectivity index (χ3v) is 3.61. The Morgan fingerprint density at radius 3 is 2.73 bits per heavy atom. The minimum atomic E-state index is -0.761. The maximum Gasteiger partial charge on any atom is 0.245 e. The number of nitrogens with zero attached hydrogens (tertiary/aromatic N) is 2. The van der Waals surface area contributed by atoms with Crippen molar-refractivity contribution in [1.82, 2.24) is 10.2 Å². The fourth-order valence-corrected chi connectivity index (χ4v) is 2.75. The molecule has 2 heterocycles. The first-order chi connectivity index (χ1) is 7.24. The average Bonchev–Trinajstić information content (AvgIpc) is 2.83. The number of hydrogen-bond donors (Lipinski definition) is 1. The summed E-state index contributed by atoms with van der Waals surface area (Å²) in [6, 6.07) is 0. The average molecular weight is 207 g/mol. The van der Waals surface area contributed by atoms with Crippen LogP contribution >= 0.6 is 0 Å². The Labute approximate surface area is 87.5 Å². The van der Waals surface area contributed by atoms with Crippen LogP contribution in [-0.2, 0) is 9.59 Å². The van der Waals surface area contributed by atoms with Gasteiger partial charge in [-0.3, -0.25) is 24.8 Å². The van der Waals surface area contributed by atoms with Crippen LogP contribution in [-0.4, -0.2) is 35.8 Å². The molecule has 3 aliphatic rings. The lowest BCUT2D eigenvalue weighted by Gasteiger charge is -2.36. The monoisotopic (exact) mass is 207 g/mol. The van der Waals surface area contributed by atoms with Crippen LogP contribution in [0.25, 0.3) is 0 Å². The van der Waals surface area contributed by atoms with E-state index in [4.69, 9.17) is 0 Å². The SMILES string of the molecule is O=C1NC2=NCCN2C(=O)C12CCCC2. The molecule has 1 saturated carbocycles. The number of hydrogen-bond acceptors (Lipinski definition) is 3. The molecule has 0 bridgehead atoms. The highest BCUT2D eigenvalue weighted by atomic mass is 16.2. The van der Waals surface area contributed by atoms with Crippen molar-refractivity contribution < 1.29 is 9.59 Å². The van der Waals surface area contributed by atoms with Crippen molar-refractivity contribution in [3.05, 3.63) is 0 Å². The van der Waals surface area contributed by atoms with Crippen LogP contribution in [0.5, 0.6) is 0 Å². The molecule has 0 aromatic heterocycles. The van der Waals surface area contributed by atoms with Gasteiger partial charge in [-0.2, -0.15) is 0 Å². The Balaban J connectivity index is 2.00. The molecule has 0 radical (unpaired) electrons. The predicted octanol–water partition coefficient (Wildman–Crippen LogP) is -0.125. The van der Waals surface area contributed by atoms with Crippen molar-refractivity contribution in [3.63, 3.8) is 0 Å². The third-order valence-electron chi connectivity index (χ3n) is 3.61. The second-order valence-corrected chi connectivity index (χ2v) is 4.41. The fourth-order valence-electron chi connectivity index (χ4n) is 2.75. The van der Waals surface area contributed by atoms with E-state index in [1.54, 1.807) is 4.90 Å². The summed E-state index contributed by atoms with van der Waals surface area (Å²) in [5, 5.41) is 2.76. The van der Waals surface area contributed by atoms with Crippen molar-refractivity contribution >= 4 is 17.8 Å². The summed E-state index contributed by atoms with van der Waals surface area (Å²) in [4.78, 5) is 29.9. The number of aliphatic imine (C=N–C) groups is 1. The van der Waals surface area contributed by atoms with Gasteiger partial charge in [0.1, 0.15) is 5.41 Å². The lowest BCUT2D eigenvalue weighted by atomic mass is 9.82. The standard InChI is InChI=1S/C10H13N3O2/c14-7-10(3-1-2-4-10)8(15)13-6-5-11-9(13)12-7/h1-6H2,(H,11,12,14). The second kappa shape index (κ2) is 2.81. The lowest BCUT2D eigenvalue weighted by Crippen LogP contribution is -2.62. The maximum atomic E-state index is 12.2. The van der Waals surface area contributed by atoms with Crippen molar-refractivity contribution in [3.8, 4) is 0 Å². The van der Waals surface area contributed by atoms with E-state index in [-0.39, 0.29) is 11.8 Å². The topological polar surface area (TPSA) is 61.8 Å². The zero-order chi connectivity index (χ0) is 10.5. The largest absolute Gasteiger partial charge is 0.295 e. The van der Waals surface area contributed by atoms with Crippen LogP contribution in [0.4, 0.5) is 0 Å². The van der Waals surface area contributed by atoms with E-state index < -0.39 is 5.41 Å². The maximum absolute atomic E-state index is 12.2. The van der Waals surface area contributed by atoms with Crippen LogP contribution < -0.4 is 5.32 Å². The first kappa shape index (κ1) is 8.88. The normalized spacial score (nSPS) is 28.0. The fraction of sp³-hybridized carbons (Fsp3) is 0.700. The molecule has 1 aliphatic carbocycles. The number of carbonyl (C=O) groups excluding carboxylic acids is 2. The molecule has 1 saturated heterocycles. The molecule has 5 nitrogen and oxygen atoms in total. The molecule has 0 aromatic carbocycles. The van der Waals surface area contributed by atoms with E-state index in [1.165, 1.54) is 0 Å². The van der Waals surface area contributed by atoms with Crippen LogP contribution in [0.2, 0.25) is 0 Å². The molecule has 2 fully saturated rings. The Kier molecular flexibility index (Phi) is 1.66. The summed E-state index contributed by atoms with van der Waals surface area (Å²) in [7, 11) is 0. The molecule has 5 heteroatoms. The van der Waals surface area contributed by atoms with E-state index in [0.29, 0.717) is 31.9 Å². The van der Waals surface area contributed by atoms with Crippen LogP contribution in [0.3, 0.4) is 0 Å². The van der Waals surface area contributed by atoms with Crippen LogP contribution in [0.15, 0.2) is 4.99 Å². The van der Waals surface area contributed by atoms with E-state index in [9.17, 15) is 9.59 Å². The van der Waals surface area contributed by atoms with E-state index in [1.807, 2.05) is 0 Å². The van der Waals surface area contributed by atoms with Gasteiger partial charge in [0, 0.05) is 6.54 Å². The Hall–Kier alpha value is -1.39. The van der Waals surface area contributed by atoms with Gasteiger partial charge in [0.2, 0.25) is 17.8 Å². The first-order valence-electron chi connectivity index (χ1n) is 5.42. The smallest absolute Gasteiger partial charge is 0.245 e. The van der Waals surface area contributed by atoms with Gasteiger partial charge in [-0.1, -0.05) is 12.8 Å². The summed E-state index contributed by atoms with van der Waals surface area (Å²) in [6.07, 6.45) is 3.34. The van der Waals surface area contributed by atoms with Gasteiger partial charge in [-0.25, -0.2) is 0 Å². The molecule has 80 valence electrons. The minimum absolute atomic E-state index is 0.0278. The number of guanidine groups is 1. The molecule has 1 N–H and O–H groups in total. The molecule has 1 spiro atoms. The van der Waals surface area contributed by atoms with Gasteiger partial charge in [-0.05, 0) is 12.8 Å². The summed E-state index contributed by atoms with van der Waals surface area (Å²) < 4.78 is 0. The lowest BCUT2D eigenvalue weighted by molar-refractivity contribution is -0.149. The highest BCUT2D eigenvalue weighted by molar-refractivity contribution is 6.20. The van der Waals surface area contributed by atoms with Crippen LogP contribution in [0, 0.1) is 5.41 Å². The van der Waals surface area contributed by atoms with Gasteiger partial charge in [0.15, 0.2) is 0 Å². The molecule has 0 atom stereocenters. The summed E-state index contributed by atoms with van der Waals surface area (Å²) in [5.41, 5.74) is -0.761. The zero-order valence-electron chi connectivity index (χ0n) is 8.45. The Morgan fingerprint density at radius 2 is 2.00 bits per heavy atom. The molecule has 0 aromatic rings. The first-order valence-corrected chi connectivity index (χ1v) is 5.42. The minimum Gasteiger partial charge on any atom is -0.295 e. The quantitative estimate of drug-likeness (QED) is 0.563. The number of carbonyl (C=O) groups is 2. The van der Waals surface area contributed by atoms with Crippen molar-refractivity contribution in [2.24, 2.45) is 10.4 Å². The van der Waals surface area contributed by atoms with Crippen LogP contribution in [0.1, 0.15) is 25.7 Å². The van der Waals surface area contributed by atoms with Crippen molar-refractivity contribution in [2.75, 3.05) is 13.1 Å². The van der Waals surface area contributed by atoms with Crippen molar-refractivity contribution in [2.45, 2.75) is 25.7 Å². The number of fused-ring (bicyclic) bond motifs is 1. The van der Waals surface area contributed by atoms with E-state index >= 15 is 0 Å². The molecule has 2 aliphatic heterocycles. The van der Waals surface area contributed by atoms with Crippen molar-refractivity contribution in [1.29, 1.82) is 0 Å². The van der Waals surface area contributed by atoms with Gasteiger partial charge in [0.25, 0.3) is 0 Å². The molecule has 15 heavy (non-hydrogen) atoms. The van der Waals surface area contributed by atoms with Gasteiger partial charge in [0.05, 0.1) is 6.54 Å². The molecule has 3 rings (SSSR count). The summed E-state index contributed by atoms with van der Waals surface area (Å²) in [6.45, 7) is 1.23. The molecular formula is C10H13N3O2. The van der Waals surface area contributed by atoms with E-state index in [2.05, 4.69) is 10.3 Å². The third kappa shape index (κ3) is 1.00. The number of rotatable bonds is 0. The Bertz CT molecular complexity index is 369. The molecule has 0 unspecified atom stereocenters. The highest BCUT2D eigenvalue weighted by Crippen LogP contribution is 2.42. The summed E-state index contributed by atoms with van der Waals surface area (Å²) in [5.74, 6) is 0.296. The number of amides is 2. The van der Waals surface area contributed by atoms with E-state index in [0.717, 1.165) is 12.8 Å². The second-order valence-electron chi connectivity index (χ2n) is 4.41. The van der Waals surface area contributed by atoms with Gasteiger partial charge < -0.3 is 0 Å². The molecular weight excluding hydrogens is 194 g/mol. The predicted molar refractivity (Wildman–Crippen MR) is 53.1 cm³/mol. The molecule has 2 amide bonds. The zero-order valence-corrected chi connectivity index (χ0v) is 8.45. The number of nitrogens with one attached hydrogen (secondary N) is 1. The summed E-state index contributed by atoms with van der Waals surface area (Å²) >= 11 is 0.